The monoisotopic (exact) mass is 395 g/mol. The summed E-state index contributed by atoms with van der Waals surface area (Å²) in [6, 6.07) is 5.33. The van der Waals surface area contributed by atoms with Crippen molar-refractivity contribution in [3.05, 3.63) is 46.8 Å². The van der Waals surface area contributed by atoms with Crippen molar-refractivity contribution in [1.29, 1.82) is 0 Å². The van der Waals surface area contributed by atoms with Gasteiger partial charge in [0.15, 0.2) is 12.2 Å². The molecule has 0 spiro atoms. The van der Waals surface area contributed by atoms with Gasteiger partial charge in [0.25, 0.3) is 5.91 Å². The van der Waals surface area contributed by atoms with E-state index in [1.807, 2.05) is 50.1 Å². The van der Waals surface area contributed by atoms with Gasteiger partial charge in [0.2, 0.25) is 5.96 Å². The molecule has 4 rings (SSSR count). The molecule has 0 saturated carbocycles. The number of carbonyl (C=O) groups is 2. The first-order valence-electron chi connectivity index (χ1n) is 10.3. The molecule has 1 aromatic carbocycles. The van der Waals surface area contributed by atoms with E-state index < -0.39 is 12.2 Å². The highest BCUT2D eigenvalue weighted by molar-refractivity contribution is 6.04. The molecule has 2 unspecified atom stereocenters. The molecule has 7 nitrogen and oxygen atoms in total. The van der Waals surface area contributed by atoms with Gasteiger partial charge in [-0.2, -0.15) is 0 Å². The average molecular weight is 396 g/mol. The molecule has 1 fully saturated rings. The molecule has 0 radical (unpaired) electrons. The zero-order valence-electron chi connectivity index (χ0n) is 17.8. The number of imide groups is 1. The van der Waals surface area contributed by atoms with E-state index in [9.17, 15) is 9.59 Å². The Labute approximate surface area is 172 Å². The van der Waals surface area contributed by atoms with Crippen molar-refractivity contribution >= 4 is 17.9 Å². The molecule has 3 aliphatic rings. The minimum absolute atomic E-state index is 0.181. The van der Waals surface area contributed by atoms with Crippen molar-refractivity contribution in [2.75, 3.05) is 13.6 Å². The number of aryl methyl sites for hydroxylation is 2. The molecule has 29 heavy (non-hydrogen) atoms. The Balaban J connectivity index is 1.63. The summed E-state index contributed by atoms with van der Waals surface area (Å²) in [5.74, 6) is 0.603. The summed E-state index contributed by atoms with van der Waals surface area (Å²) in [7, 11) is 1.74. The van der Waals surface area contributed by atoms with Crippen molar-refractivity contribution in [1.82, 2.24) is 19.6 Å². The maximum atomic E-state index is 13.4. The molecule has 0 aromatic heterocycles. The molecule has 1 saturated heterocycles. The molecular weight excluding hydrogens is 366 g/mol. The number of amides is 3. The Morgan fingerprint density at radius 2 is 1.86 bits per heavy atom. The van der Waals surface area contributed by atoms with Crippen LogP contribution >= 0.6 is 0 Å². The maximum absolute atomic E-state index is 13.4. The minimum Gasteiger partial charge on any atom is -0.315 e. The standard InChI is InChI=1S/C22H29N5O2/c1-6-7-10-25-16(4)12-26-18-19(23-21(25)26)24(5)22(29)27(20(18)28)13-17-11-14(2)8-9-15(17)3/h8-9,11-12,18-19H,6-7,10,13H2,1-5H3. The fourth-order valence-electron chi connectivity index (χ4n) is 4.28. The number of carbonyl (C=O) groups excluding carboxylic acids is 2. The lowest BCUT2D eigenvalue weighted by Gasteiger charge is -2.40. The Hall–Kier alpha value is -2.83. The molecule has 3 aliphatic heterocycles. The Morgan fingerprint density at radius 1 is 1.10 bits per heavy atom. The summed E-state index contributed by atoms with van der Waals surface area (Å²) >= 11 is 0. The lowest BCUT2D eigenvalue weighted by Crippen LogP contribution is -2.63. The number of fused-ring (bicyclic) bond motifs is 3. The van der Waals surface area contributed by atoms with Crippen LogP contribution in [0.1, 0.15) is 43.4 Å². The van der Waals surface area contributed by atoms with E-state index in [0.717, 1.165) is 47.7 Å². The van der Waals surface area contributed by atoms with E-state index in [1.54, 1.807) is 11.9 Å². The second kappa shape index (κ2) is 7.21. The van der Waals surface area contributed by atoms with Gasteiger partial charge < -0.3 is 14.7 Å². The third-order valence-electron chi connectivity index (χ3n) is 6.07. The highest BCUT2D eigenvalue weighted by Gasteiger charge is 2.54. The van der Waals surface area contributed by atoms with Crippen LogP contribution in [-0.4, -0.2) is 63.3 Å². The molecule has 2 atom stereocenters. The van der Waals surface area contributed by atoms with Crippen LogP contribution in [0.2, 0.25) is 0 Å². The van der Waals surface area contributed by atoms with Crippen molar-refractivity contribution in [3.63, 3.8) is 0 Å². The fraction of sp³-hybridized carbons (Fsp3) is 0.500. The zero-order valence-corrected chi connectivity index (χ0v) is 17.8. The first-order chi connectivity index (χ1) is 13.8. The Bertz CT molecular complexity index is 922. The largest absolute Gasteiger partial charge is 0.328 e. The van der Waals surface area contributed by atoms with Crippen LogP contribution in [0, 0.1) is 13.8 Å². The first-order valence-corrected chi connectivity index (χ1v) is 10.3. The topological polar surface area (TPSA) is 59.5 Å². The van der Waals surface area contributed by atoms with Crippen LogP contribution in [0.15, 0.2) is 35.1 Å². The minimum atomic E-state index is -0.501. The van der Waals surface area contributed by atoms with Gasteiger partial charge >= 0.3 is 6.03 Å². The van der Waals surface area contributed by atoms with Crippen LogP contribution in [0.5, 0.6) is 0 Å². The molecule has 154 valence electrons. The van der Waals surface area contributed by atoms with Crippen LogP contribution in [0.25, 0.3) is 0 Å². The third-order valence-corrected chi connectivity index (χ3v) is 6.07. The number of likely N-dealkylation sites (N-methyl/N-ethyl adjacent to an activating group) is 1. The van der Waals surface area contributed by atoms with Gasteiger partial charge in [-0.1, -0.05) is 37.1 Å². The average Bonchev–Trinajstić information content (AvgIpc) is 3.19. The highest BCUT2D eigenvalue weighted by atomic mass is 16.2. The van der Waals surface area contributed by atoms with Crippen LogP contribution in [0.4, 0.5) is 4.79 Å². The SMILES string of the molecule is CCCCN1C(C)=CN2C1=NC1C2C(=O)N(Cc2cc(C)ccc2C)C(=O)N1C. The molecule has 7 heteroatoms. The predicted molar refractivity (Wildman–Crippen MR) is 112 cm³/mol. The number of hydrogen-bond donors (Lipinski definition) is 0. The molecule has 0 aliphatic carbocycles. The molecule has 3 amide bonds. The summed E-state index contributed by atoms with van der Waals surface area (Å²) in [4.78, 5) is 38.4. The van der Waals surface area contributed by atoms with E-state index in [2.05, 4.69) is 11.8 Å². The van der Waals surface area contributed by atoms with E-state index >= 15 is 0 Å². The predicted octanol–water partition coefficient (Wildman–Crippen LogP) is 3.04. The number of unbranched alkanes of at least 4 members (excludes halogenated alkanes) is 1. The molecule has 0 N–H and O–H groups in total. The molecule has 0 bridgehead atoms. The number of benzene rings is 1. The van der Waals surface area contributed by atoms with E-state index in [1.165, 1.54) is 4.90 Å². The fourth-order valence-corrected chi connectivity index (χ4v) is 4.28. The van der Waals surface area contributed by atoms with Crippen molar-refractivity contribution < 1.29 is 9.59 Å². The summed E-state index contributed by atoms with van der Waals surface area (Å²) in [5.41, 5.74) is 4.27. The van der Waals surface area contributed by atoms with E-state index in [4.69, 9.17) is 4.99 Å². The lowest BCUT2D eigenvalue weighted by atomic mass is 10.0. The van der Waals surface area contributed by atoms with Gasteiger partial charge in [-0.3, -0.25) is 9.69 Å². The van der Waals surface area contributed by atoms with Crippen LogP contribution in [0.3, 0.4) is 0 Å². The van der Waals surface area contributed by atoms with Gasteiger partial charge in [-0.25, -0.2) is 9.79 Å². The van der Waals surface area contributed by atoms with Gasteiger partial charge in [0.1, 0.15) is 0 Å². The van der Waals surface area contributed by atoms with Gasteiger partial charge in [-0.05, 0) is 38.3 Å². The first kappa shape index (κ1) is 19.5. The van der Waals surface area contributed by atoms with E-state index in [0.29, 0.717) is 0 Å². The van der Waals surface area contributed by atoms with Crippen LogP contribution < -0.4 is 0 Å². The van der Waals surface area contributed by atoms with Crippen molar-refractivity contribution in [3.8, 4) is 0 Å². The number of rotatable bonds is 5. The van der Waals surface area contributed by atoms with E-state index in [-0.39, 0.29) is 18.5 Å². The summed E-state index contributed by atoms with van der Waals surface area (Å²) in [6.07, 6.45) is 3.66. The molecule has 3 heterocycles. The van der Waals surface area contributed by atoms with Crippen molar-refractivity contribution in [2.45, 2.75) is 59.3 Å². The molecular formula is C22H29N5O2. The number of allylic oxidation sites excluding steroid dienone is 1. The van der Waals surface area contributed by atoms with Gasteiger partial charge in [-0.15, -0.1) is 0 Å². The van der Waals surface area contributed by atoms with Crippen molar-refractivity contribution in [2.24, 2.45) is 4.99 Å². The summed E-state index contributed by atoms with van der Waals surface area (Å²) in [6.45, 7) is 9.38. The number of urea groups is 1. The Kier molecular flexibility index (Phi) is 4.84. The highest BCUT2D eigenvalue weighted by Crippen LogP contribution is 2.34. The third kappa shape index (κ3) is 3.09. The molecule has 1 aromatic rings. The smallest absolute Gasteiger partial charge is 0.315 e. The second-order valence-corrected chi connectivity index (χ2v) is 8.22. The number of aliphatic imine (C=N–C) groups is 1. The van der Waals surface area contributed by atoms with Gasteiger partial charge in [0, 0.05) is 25.5 Å². The summed E-state index contributed by atoms with van der Waals surface area (Å²) < 4.78 is 0. The number of guanidine groups is 1. The summed E-state index contributed by atoms with van der Waals surface area (Å²) in [5, 5.41) is 0. The van der Waals surface area contributed by atoms with Gasteiger partial charge in [0.05, 0.1) is 6.54 Å². The quantitative estimate of drug-likeness (QED) is 0.769. The maximum Gasteiger partial charge on any atom is 0.328 e. The normalized spacial score (nSPS) is 23.5. The number of hydrogen-bond acceptors (Lipinski definition) is 5. The zero-order chi connectivity index (χ0) is 20.9. The second-order valence-electron chi connectivity index (χ2n) is 8.22. The Morgan fingerprint density at radius 3 is 2.59 bits per heavy atom. The number of nitrogens with zero attached hydrogens (tertiary/aromatic N) is 5. The van der Waals surface area contributed by atoms with Crippen LogP contribution in [-0.2, 0) is 11.3 Å². The lowest BCUT2D eigenvalue weighted by molar-refractivity contribution is -0.137.